The molecule has 2 atom stereocenters. The van der Waals surface area contributed by atoms with Crippen LogP contribution in [0.3, 0.4) is 0 Å². The number of carbonyl (C=O) groups excluding carboxylic acids is 1. The largest absolute Gasteiger partial charge is 0.380 e. The summed E-state index contributed by atoms with van der Waals surface area (Å²) >= 11 is 0. The fraction of sp³-hybridized carbons (Fsp3) is 0.588. The molecule has 1 aromatic rings. The van der Waals surface area contributed by atoms with Crippen molar-refractivity contribution in [3.8, 4) is 0 Å². The first-order valence-corrected chi connectivity index (χ1v) is 9.70. The van der Waals surface area contributed by atoms with Crippen molar-refractivity contribution < 1.29 is 17.9 Å². The molecule has 1 aromatic carbocycles. The van der Waals surface area contributed by atoms with Crippen LogP contribution < -0.4 is 0 Å². The topological polar surface area (TPSA) is 63.7 Å². The van der Waals surface area contributed by atoms with Crippen LogP contribution in [0.25, 0.3) is 0 Å². The van der Waals surface area contributed by atoms with Crippen LogP contribution in [-0.2, 0) is 19.4 Å². The summed E-state index contributed by atoms with van der Waals surface area (Å²) in [7, 11) is -3.33. The summed E-state index contributed by atoms with van der Waals surface area (Å²) in [6.45, 7) is 3.07. The first kappa shape index (κ1) is 15.1. The van der Waals surface area contributed by atoms with Crippen LogP contribution in [0, 0.1) is 11.3 Å². The fourth-order valence-corrected chi connectivity index (χ4v) is 5.85. The maximum atomic E-state index is 12.7. The summed E-state index contributed by atoms with van der Waals surface area (Å²) in [5.74, 6) is -0.00915. The van der Waals surface area contributed by atoms with Crippen molar-refractivity contribution >= 4 is 15.7 Å². The van der Waals surface area contributed by atoms with Gasteiger partial charge in [-0.05, 0) is 31.4 Å². The van der Waals surface area contributed by atoms with Gasteiger partial charge in [-0.3, -0.25) is 4.79 Å². The molecule has 6 heteroatoms. The second-order valence-electron chi connectivity index (χ2n) is 7.18. The Kier molecular flexibility index (Phi) is 3.50. The Balaban J connectivity index is 1.40. The Morgan fingerprint density at radius 1 is 1.13 bits per heavy atom. The molecule has 5 nitrogen and oxygen atoms in total. The zero-order valence-corrected chi connectivity index (χ0v) is 13.8. The van der Waals surface area contributed by atoms with Crippen LogP contribution in [0.5, 0.6) is 0 Å². The average Bonchev–Trinajstić information content (AvgIpc) is 2.95. The van der Waals surface area contributed by atoms with Crippen LogP contribution in [0.2, 0.25) is 0 Å². The van der Waals surface area contributed by atoms with Gasteiger partial charge in [0.2, 0.25) is 5.91 Å². The van der Waals surface area contributed by atoms with Crippen molar-refractivity contribution in [1.82, 2.24) is 4.90 Å². The minimum Gasteiger partial charge on any atom is -0.380 e. The predicted octanol–water partition coefficient (Wildman–Crippen LogP) is 1.49. The van der Waals surface area contributed by atoms with E-state index in [0.717, 1.165) is 26.3 Å². The average molecular weight is 335 g/mol. The quantitative estimate of drug-likeness (QED) is 0.839. The molecule has 1 aliphatic carbocycles. The fourth-order valence-electron chi connectivity index (χ4n) is 4.00. The minimum atomic E-state index is -3.33. The van der Waals surface area contributed by atoms with Crippen molar-refractivity contribution in [1.29, 1.82) is 0 Å². The molecule has 0 unspecified atom stereocenters. The first-order valence-electron chi connectivity index (χ1n) is 8.16. The number of carbonyl (C=O) groups is 1. The van der Waals surface area contributed by atoms with E-state index in [9.17, 15) is 13.2 Å². The van der Waals surface area contributed by atoms with Gasteiger partial charge < -0.3 is 9.64 Å². The highest BCUT2D eigenvalue weighted by atomic mass is 32.2. The Hall–Kier alpha value is -1.40. The lowest BCUT2D eigenvalue weighted by atomic mass is 9.77. The smallest absolute Gasteiger partial charge is 0.225 e. The molecule has 0 aromatic heterocycles. The Bertz CT molecular complexity index is 703. The molecular weight excluding hydrogens is 314 g/mol. The first-order chi connectivity index (χ1) is 11.0. The lowest BCUT2D eigenvalue weighted by molar-refractivity contribution is -0.197. The second kappa shape index (κ2) is 5.31. The molecule has 2 saturated heterocycles. The Morgan fingerprint density at radius 2 is 1.83 bits per heavy atom. The third-order valence-electron chi connectivity index (χ3n) is 5.43. The van der Waals surface area contributed by atoms with Crippen LogP contribution in [0.1, 0.15) is 19.3 Å². The molecule has 23 heavy (non-hydrogen) atoms. The maximum absolute atomic E-state index is 12.7. The van der Waals surface area contributed by atoms with Crippen molar-refractivity contribution in [2.24, 2.45) is 11.3 Å². The van der Waals surface area contributed by atoms with Gasteiger partial charge in [0.15, 0.2) is 9.84 Å². The standard InChI is InChI=1S/C17H21NO4S/c19-16(18-9-17(10-18)11-22-12-17)13-6-7-15(8-13)23(20,21)14-4-2-1-3-5-14/h1-5,13,15H,6-12H2/t13-,15-/m1/s1. The number of benzene rings is 1. The van der Waals surface area contributed by atoms with E-state index in [1.54, 1.807) is 24.3 Å². The Labute approximate surface area is 136 Å². The summed E-state index contributed by atoms with van der Waals surface area (Å²) < 4.78 is 30.6. The van der Waals surface area contributed by atoms with E-state index >= 15 is 0 Å². The third kappa shape index (κ3) is 2.48. The molecule has 0 radical (unpaired) electrons. The second-order valence-corrected chi connectivity index (χ2v) is 9.41. The van der Waals surface area contributed by atoms with Gasteiger partial charge in [0.1, 0.15) is 0 Å². The zero-order chi connectivity index (χ0) is 16.1. The number of hydrogen-bond donors (Lipinski definition) is 0. The number of nitrogens with zero attached hydrogens (tertiary/aromatic N) is 1. The number of hydrogen-bond acceptors (Lipinski definition) is 4. The number of likely N-dealkylation sites (tertiary alicyclic amines) is 1. The van der Waals surface area contributed by atoms with Gasteiger partial charge in [0, 0.05) is 19.0 Å². The molecule has 1 saturated carbocycles. The molecule has 124 valence electrons. The van der Waals surface area contributed by atoms with E-state index in [0.29, 0.717) is 24.2 Å². The molecule has 2 aliphatic heterocycles. The molecule has 0 bridgehead atoms. The summed E-state index contributed by atoms with van der Waals surface area (Å²) in [5.41, 5.74) is 0.212. The number of amides is 1. The predicted molar refractivity (Wildman–Crippen MR) is 84.6 cm³/mol. The van der Waals surface area contributed by atoms with Gasteiger partial charge >= 0.3 is 0 Å². The molecular formula is C17H21NO4S. The number of rotatable bonds is 3. The van der Waals surface area contributed by atoms with E-state index in [1.165, 1.54) is 0 Å². The Morgan fingerprint density at radius 3 is 2.43 bits per heavy atom. The van der Waals surface area contributed by atoms with E-state index in [2.05, 4.69) is 0 Å². The van der Waals surface area contributed by atoms with Crippen molar-refractivity contribution in [2.45, 2.75) is 29.4 Å². The van der Waals surface area contributed by atoms with Gasteiger partial charge in [-0.25, -0.2) is 8.42 Å². The lowest BCUT2D eigenvalue weighted by Crippen LogP contribution is -2.67. The number of sulfone groups is 1. The minimum absolute atomic E-state index is 0.133. The van der Waals surface area contributed by atoms with Gasteiger partial charge in [0.25, 0.3) is 0 Å². The van der Waals surface area contributed by atoms with E-state index < -0.39 is 15.1 Å². The van der Waals surface area contributed by atoms with E-state index in [-0.39, 0.29) is 17.2 Å². The van der Waals surface area contributed by atoms with Crippen LogP contribution in [-0.4, -0.2) is 50.8 Å². The summed E-state index contributed by atoms with van der Waals surface area (Å²) in [5, 5.41) is -0.430. The summed E-state index contributed by atoms with van der Waals surface area (Å²) in [6, 6.07) is 8.57. The summed E-state index contributed by atoms with van der Waals surface area (Å²) in [4.78, 5) is 14.8. The van der Waals surface area contributed by atoms with E-state index in [4.69, 9.17) is 4.74 Å². The lowest BCUT2D eigenvalue weighted by Gasteiger charge is -2.55. The van der Waals surface area contributed by atoms with Gasteiger partial charge in [-0.15, -0.1) is 0 Å². The van der Waals surface area contributed by atoms with Crippen molar-refractivity contribution in [3.63, 3.8) is 0 Å². The molecule has 2 heterocycles. The summed E-state index contributed by atoms with van der Waals surface area (Å²) in [6.07, 6.45) is 1.71. The van der Waals surface area contributed by atoms with Crippen LogP contribution in [0.4, 0.5) is 0 Å². The monoisotopic (exact) mass is 335 g/mol. The molecule has 1 amide bonds. The highest BCUT2D eigenvalue weighted by Gasteiger charge is 2.52. The zero-order valence-electron chi connectivity index (χ0n) is 13.0. The molecule has 3 aliphatic rings. The van der Waals surface area contributed by atoms with E-state index in [1.807, 2.05) is 11.0 Å². The molecule has 3 fully saturated rings. The van der Waals surface area contributed by atoms with Gasteiger partial charge in [-0.1, -0.05) is 18.2 Å². The van der Waals surface area contributed by atoms with Crippen LogP contribution in [0.15, 0.2) is 35.2 Å². The van der Waals surface area contributed by atoms with Crippen molar-refractivity contribution in [2.75, 3.05) is 26.3 Å². The number of ether oxygens (including phenoxy) is 1. The van der Waals surface area contributed by atoms with Crippen LogP contribution >= 0.6 is 0 Å². The van der Waals surface area contributed by atoms with Crippen molar-refractivity contribution in [3.05, 3.63) is 30.3 Å². The highest BCUT2D eigenvalue weighted by molar-refractivity contribution is 7.92. The third-order valence-corrected chi connectivity index (χ3v) is 7.66. The normalized spacial score (nSPS) is 29.1. The SMILES string of the molecule is O=C([C@@H]1CC[C@@H](S(=O)(=O)c2ccccc2)C1)N1CC2(COC2)C1. The maximum Gasteiger partial charge on any atom is 0.225 e. The molecule has 1 spiro atoms. The molecule has 0 N–H and O–H groups in total. The molecule has 4 rings (SSSR count). The van der Waals surface area contributed by atoms with Gasteiger partial charge in [-0.2, -0.15) is 0 Å². The highest BCUT2D eigenvalue weighted by Crippen LogP contribution is 2.41. The van der Waals surface area contributed by atoms with Gasteiger partial charge in [0.05, 0.1) is 28.8 Å².